The van der Waals surface area contributed by atoms with E-state index >= 15 is 0 Å². The van der Waals surface area contributed by atoms with Crippen molar-refractivity contribution in [1.29, 1.82) is 5.41 Å². The van der Waals surface area contributed by atoms with E-state index in [2.05, 4.69) is 10.3 Å². The van der Waals surface area contributed by atoms with Crippen molar-refractivity contribution in [2.75, 3.05) is 26.4 Å². The van der Waals surface area contributed by atoms with Crippen molar-refractivity contribution < 1.29 is 14.6 Å². The van der Waals surface area contributed by atoms with Crippen molar-refractivity contribution in [2.45, 2.75) is 20.4 Å². The molecule has 9 heteroatoms. The number of aromatic nitrogens is 3. The van der Waals surface area contributed by atoms with Gasteiger partial charge < -0.3 is 19.7 Å². The van der Waals surface area contributed by atoms with Crippen LogP contribution in [0.1, 0.15) is 22.8 Å². The third-order valence-corrected chi connectivity index (χ3v) is 4.41. The Labute approximate surface area is 160 Å². The molecule has 3 rings (SSSR count). The Hall–Kier alpha value is -3.04. The molecule has 0 aliphatic heterocycles. The van der Waals surface area contributed by atoms with Gasteiger partial charge in [-0.2, -0.15) is 0 Å². The molecule has 0 aliphatic rings. The third kappa shape index (κ3) is 3.54. The van der Waals surface area contributed by atoms with Gasteiger partial charge in [0.2, 0.25) is 0 Å². The Kier molecular flexibility index (Phi) is 5.86. The summed E-state index contributed by atoms with van der Waals surface area (Å²) in [6, 6.07) is 5.04. The van der Waals surface area contributed by atoms with Crippen LogP contribution in [0.15, 0.2) is 29.2 Å². The van der Waals surface area contributed by atoms with E-state index in [1.165, 1.54) is 15.0 Å². The fourth-order valence-electron chi connectivity index (χ4n) is 3.07. The number of ether oxygens (including phenoxy) is 1. The molecule has 3 heterocycles. The van der Waals surface area contributed by atoms with Crippen molar-refractivity contribution in [2.24, 2.45) is 0 Å². The lowest BCUT2D eigenvalue weighted by Gasteiger charge is -2.15. The van der Waals surface area contributed by atoms with E-state index in [4.69, 9.17) is 15.3 Å². The molecule has 3 N–H and O–H groups in total. The maximum absolute atomic E-state index is 13.1. The lowest BCUT2D eigenvalue weighted by Crippen LogP contribution is -2.35. The predicted octanol–water partition coefficient (Wildman–Crippen LogP) is 0.196. The predicted molar refractivity (Wildman–Crippen MR) is 103 cm³/mol. The highest BCUT2D eigenvalue weighted by atomic mass is 16.5. The van der Waals surface area contributed by atoms with Gasteiger partial charge in [-0.05, 0) is 31.5 Å². The molecule has 0 saturated carbocycles. The van der Waals surface area contributed by atoms with Gasteiger partial charge in [0.25, 0.3) is 11.5 Å². The number of carbonyl (C=O) groups excluding carboxylic acids is 1. The molecular weight excluding hydrogens is 362 g/mol. The Morgan fingerprint density at radius 3 is 2.86 bits per heavy atom. The molecule has 1 amide bonds. The first kappa shape index (κ1) is 19.7. The van der Waals surface area contributed by atoms with Crippen LogP contribution < -0.4 is 16.4 Å². The highest BCUT2D eigenvalue weighted by molar-refractivity contribution is 5.96. The summed E-state index contributed by atoms with van der Waals surface area (Å²) >= 11 is 0. The van der Waals surface area contributed by atoms with Gasteiger partial charge in [-0.15, -0.1) is 0 Å². The van der Waals surface area contributed by atoms with E-state index in [9.17, 15) is 9.59 Å². The van der Waals surface area contributed by atoms with Crippen LogP contribution >= 0.6 is 0 Å². The first-order valence-corrected chi connectivity index (χ1v) is 9.06. The van der Waals surface area contributed by atoms with Crippen LogP contribution in [0.5, 0.6) is 0 Å². The first-order valence-electron chi connectivity index (χ1n) is 9.06. The summed E-state index contributed by atoms with van der Waals surface area (Å²) in [7, 11) is 0. The Morgan fingerprint density at radius 2 is 2.14 bits per heavy atom. The van der Waals surface area contributed by atoms with Crippen molar-refractivity contribution in [3.05, 3.63) is 51.4 Å². The van der Waals surface area contributed by atoms with Gasteiger partial charge >= 0.3 is 0 Å². The number of nitrogens with one attached hydrogen (secondary N) is 2. The fourth-order valence-corrected chi connectivity index (χ4v) is 3.07. The maximum Gasteiger partial charge on any atom is 0.267 e. The van der Waals surface area contributed by atoms with Gasteiger partial charge in [0.1, 0.15) is 16.8 Å². The van der Waals surface area contributed by atoms with E-state index in [1.807, 2.05) is 13.0 Å². The lowest BCUT2D eigenvalue weighted by molar-refractivity contribution is 0.0866. The third-order valence-electron chi connectivity index (χ3n) is 4.41. The molecule has 0 saturated heterocycles. The normalized spacial score (nSPS) is 11.2. The molecule has 0 aliphatic carbocycles. The first-order chi connectivity index (χ1) is 13.5. The molecule has 0 aromatic carbocycles. The molecule has 3 aromatic rings. The van der Waals surface area contributed by atoms with Crippen LogP contribution in [-0.4, -0.2) is 51.3 Å². The van der Waals surface area contributed by atoms with Crippen LogP contribution in [0.3, 0.4) is 0 Å². The largest absolute Gasteiger partial charge is 0.394 e. The molecule has 0 fully saturated rings. The van der Waals surface area contributed by atoms with Crippen molar-refractivity contribution >= 4 is 22.6 Å². The molecule has 9 nitrogen and oxygen atoms in total. The van der Waals surface area contributed by atoms with Gasteiger partial charge in [-0.25, -0.2) is 4.98 Å². The molecule has 3 aromatic heterocycles. The monoisotopic (exact) mass is 385 g/mol. The number of aliphatic hydroxyl groups excluding tert-OH is 1. The van der Waals surface area contributed by atoms with E-state index in [-0.39, 0.29) is 48.4 Å². The summed E-state index contributed by atoms with van der Waals surface area (Å²) in [5.74, 6) is -0.423. The average Bonchev–Trinajstić information content (AvgIpc) is 2.67. The van der Waals surface area contributed by atoms with Gasteiger partial charge in [-0.1, -0.05) is 6.07 Å². The van der Waals surface area contributed by atoms with Gasteiger partial charge in [0.05, 0.1) is 30.8 Å². The smallest absolute Gasteiger partial charge is 0.267 e. The molecule has 148 valence electrons. The standard InChI is InChI=1S/C19H23N5O4/c1-3-21-18(26)13-11-14-17(23(15(13)20)7-9-28-10-8-25)22-16-12(2)5-4-6-24(16)19(14)27/h4-6,11,20,25H,3,7-10H2,1-2H3,(H,21,26). The lowest BCUT2D eigenvalue weighted by atomic mass is 10.2. The van der Waals surface area contributed by atoms with Crippen LogP contribution in [0.25, 0.3) is 16.7 Å². The number of hydrogen-bond donors (Lipinski definition) is 3. The van der Waals surface area contributed by atoms with Crippen molar-refractivity contribution in [3.63, 3.8) is 0 Å². The Bertz CT molecular complexity index is 1150. The SMILES string of the molecule is CCNC(=O)c1cc2c(=O)n3cccc(C)c3nc2n(CCOCCO)c1=N. The molecule has 0 unspecified atom stereocenters. The van der Waals surface area contributed by atoms with Crippen LogP contribution in [0.4, 0.5) is 0 Å². The minimum absolute atomic E-state index is 0.0455. The second-order valence-electron chi connectivity index (χ2n) is 6.29. The number of fused-ring (bicyclic) bond motifs is 2. The number of nitrogens with zero attached hydrogens (tertiary/aromatic N) is 3. The molecule has 0 spiro atoms. The second kappa shape index (κ2) is 8.32. The molecule has 0 bridgehead atoms. The highest BCUT2D eigenvalue weighted by Gasteiger charge is 2.17. The topological polar surface area (TPSA) is 122 Å². The summed E-state index contributed by atoms with van der Waals surface area (Å²) in [6.07, 6.45) is 1.63. The summed E-state index contributed by atoms with van der Waals surface area (Å²) < 4.78 is 8.26. The van der Waals surface area contributed by atoms with Gasteiger partial charge in [-0.3, -0.25) is 19.4 Å². The second-order valence-corrected chi connectivity index (χ2v) is 6.29. The minimum Gasteiger partial charge on any atom is -0.394 e. The van der Waals surface area contributed by atoms with E-state index in [0.717, 1.165) is 5.56 Å². The number of hydrogen-bond acceptors (Lipinski definition) is 6. The van der Waals surface area contributed by atoms with Crippen molar-refractivity contribution in [1.82, 2.24) is 19.3 Å². The van der Waals surface area contributed by atoms with Crippen LogP contribution in [-0.2, 0) is 11.3 Å². The maximum atomic E-state index is 13.1. The number of aliphatic hydroxyl groups is 1. The zero-order valence-corrected chi connectivity index (χ0v) is 15.9. The zero-order chi connectivity index (χ0) is 20.3. The molecule has 28 heavy (non-hydrogen) atoms. The van der Waals surface area contributed by atoms with E-state index < -0.39 is 5.91 Å². The number of amides is 1. The van der Waals surface area contributed by atoms with Crippen LogP contribution in [0.2, 0.25) is 0 Å². The Balaban J connectivity index is 2.30. The van der Waals surface area contributed by atoms with Gasteiger partial charge in [0, 0.05) is 19.3 Å². The summed E-state index contributed by atoms with van der Waals surface area (Å²) in [5, 5.41) is 20.3. The van der Waals surface area contributed by atoms with Crippen molar-refractivity contribution in [3.8, 4) is 0 Å². The molecular formula is C19H23N5O4. The van der Waals surface area contributed by atoms with E-state index in [0.29, 0.717) is 17.8 Å². The quantitative estimate of drug-likeness (QED) is 0.396. The fraction of sp³-hybridized carbons (Fsp3) is 0.368. The molecule has 0 radical (unpaired) electrons. The van der Waals surface area contributed by atoms with Crippen LogP contribution in [0, 0.1) is 12.3 Å². The minimum atomic E-state index is -0.423. The average molecular weight is 385 g/mol. The number of rotatable bonds is 7. The summed E-state index contributed by atoms with van der Waals surface area (Å²) in [4.78, 5) is 30.1. The highest BCUT2D eigenvalue weighted by Crippen LogP contribution is 2.12. The number of carbonyl (C=O) groups is 1. The number of pyridine rings is 2. The number of aryl methyl sites for hydroxylation is 1. The Morgan fingerprint density at radius 1 is 1.36 bits per heavy atom. The molecule has 0 atom stereocenters. The summed E-state index contributed by atoms with van der Waals surface area (Å²) in [5.41, 5.74) is 1.39. The van der Waals surface area contributed by atoms with E-state index in [1.54, 1.807) is 19.2 Å². The van der Waals surface area contributed by atoms with Gasteiger partial charge in [0.15, 0.2) is 0 Å². The summed E-state index contributed by atoms with van der Waals surface area (Å²) in [6.45, 7) is 4.53. The zero-order valence-electron chi connectivity index (χ0n) is 15.9.